The highest BCUT2D eigenvalue weighted by Crippen LogP contribution is 2.20. The second-order valence-corrected chi connectivity index (χ2v) is 13.6. The van der Waals surface area contributed by atoms with Crippen molar-refractivity contribution in [3.05, 3.63) is 29.8 Å². The summed E-state index contributed by atoms with van der Waals surface area (Å²) in [4.78, 5) is 72.5. The van der Waals surface area contributed by atoms with Gasteiger partial charge < -0.3 is 29.7 Å². The molecule has 12 heteroatoms. The number of ether oxygens (including phenoxy) is 3. The Balaban J connectivity index is 2.39. The predicted octanol–water partition coefficient (Wildman–Crippen LogP) is 5.88. The molecule has 0 bridgehead atoms. The van der Waals surface area contributed by atoms with Gasteiger partial charge in [0.15, 0.2) is 0 Å². The first-order chi connectivity index (χ1) is 21.9. The van der Waals surface area contributed by atoms with Crippen molar-refractivity contribution in [1.29, 1.82) is 0 Å². The lowest BCUT2D eigenvalue weighted by Crippen LogP contribution is -2.41. The molecule has 47 heavy (non-hydrogen) atoms. The number of carbonyl (C=O) groups is 6. The van der Waals surface area contributed by atoms with E-state index >= 15 is 0 Å². The molecule has 0 aliphatic heterocycles. The first-order valence-electron chi connectivity index (χ1n) is 16.3. The Kier molecular flexibility index (Phi) is 17.7. The summed E-state index contributed by atoms with van der Waals surface area (Å²) in [5.74, 6) is -5.14. The highest BCUT2D eigenvalue weighted by molar-refractivity contribution is 5.99. The fourth-order valence-corrected chi connectivity index (χ4v) is 4.52. The van der Waals surface area contributed by atoms with E-state index < -0.39 is 53.4 Å². The van der Waals surface area contributed by atoms with Gasteiger partial charge in [-0.25, -0.2) is 9.59 Å². The Hall–Kier alpha value is -3.96. The van der Waals surface area contributed by atoms with Crippen LogP contribution in [0.2, 0.25) is 0 Å². The molecule has 0 radical (unpaired) electrons. The Bertz CT molecular complexity index is 1180. The first kappa shape index (κ1) is 41.1. The van der Waals surface area contributed by atoms with Crippen molar-refractivity contribution < 1.29 is 53.2 Å². The van der Waals surface area contributed by atoms with Crippen LogP contribution in [-0.4, -0.2) is 69.6 Å². The topological polar surface area (TPSA) is 183 Å². The Morgan fingerprint density at radius 3 is 1.79 bits per heavy atom. The first-order valence-corrected chi connectivity index (χ1v) is 16.3. The van der Waals surface area contributed by atoms with Gasteiger partial charge in [0.2, 0.25) is 5.91 Å². The third-order valence-corrected chi connectivity index (χ3v) is 6.85. The molecule has 1 aromatic carbocycles. The zero-order valence-electron chi connectivity index (χ0n) is 28.7. The summed E-state index contributed by atoms with van der Waals surface area (Å²) in [6.45, 7) is 11.0. The van der Waals surface area contributed by atoms with Gasteiger partial charge in [-0.15, -0.1) is 0 Å². The van der Waals surface area contributed by atoms with E-state index in [1.165, 1.54) is 0 Å². The van der Waals surface area contributed by atoms with Gasteiger partial charge in [-0.2, -0.15) is 0 Å². The lowest BCUT2D eigenvalue weighted by molar-refractivity contribution is -0.162. The second-order valence-electron chi connectivity index (χ2n) is 13.6. The number of carboxylic acids is 2. The van der Waals surface area contributed by atoms with Gasteiger partial charge in [0.1, 0.15) is 34.7 Å². The van der Waals surface area contributed by atoms with Crippen molar-refractivity contribution in [2.75, 3.05) is 6.61 Å². The van der Waals surface area contributed by atoms with Gasteiger partial charge in [-0.1, -0.05) is 32.1 Å². The molecule has 1 amide bonds. The number of hydrogen-bond donors (Lipinski definition) is 3. The molecule has 1 aromatic rings. The summed E-state index contributed by atoms with van der Waals surface area (Å²) in [6.07, 6.45) is 5.19. The third kappa shape index (κ3) is 19.3. The number of amides is 1. The zero-order chi connectivity index (χ0) is 35.6. The van der Waals surface area contributed by atoms with Gasteiger partial charge in [-0.05, 0) is 91.5 Å². The molecule has 0 heterocycles. The summed E-state index contributed by atoms with van der Waals surface area (Å²) >= 11 is 0. The fourth-order valence-electron chi connectivity index (χ4n) is 4.52. The van der Waals surface area contributed by atoms with E-state index in [4.69, 9.17) is 19.3 Å². The molecular weight excluding hydrogens is 610 g/mol. The van der Waals surface area contributed by atoms with E-state index in [1.54, 1.807) is 45.0 Å². The second kappa shape index (κ2) is 20.3. The molecule has 0 aromatic heterocycles. The van der Waals surface area contributed by atoms with Gasteiger partial charge in [0.25, 0.3) is 0 Å². The van der Waals surface area contributed by atoms with Crippen molar-refractivity contribution in [3.8, 4) is 5.75 Å². The minimum Gasteiger partial charge on any atom is -0.494 e. The number of esters is 2. The standard InChI is InChI=1S/C35H53NO11/c1-34(2,3)46-32(43)24-15-17-25(18-16-24)45-23-13-11-9-7-8-10-12-14-28(37)26(33(44)47-35(4,5)6)19-21-29(38)36-27(31(41)42)20-22-30(39)40/h15-18,26-27H,7-14,19-23H2,1-6H3,(H,36,38)(H,39,40)(H,41,42)/t26-,27-/m0/s1. The average Bonchev–Trinajstić information content (AvgIpc) is 2.94. The van der Waals surface area contributed by atoms with E-state index in [0.717, 1.165) is 38.5 Å². The molecule has 2 atom stereocenters. The lowest BCUT2D eigenvalue weighted by atomic mass is 9.93. The molecule has 0 spiro atoms. The average molecular weight is 664 g/mol. The number of rotatable bonds is 22. The molecule has 0 aliphatic carbocycles. The monoisotopic (exact) mass is 663 g/mol. The number of Topliss-reactive ketones (excluding diaryl/α,β-unsaturated/α-hetero) is 1. The Morgan fingerprint density at radius 1 is 0.702 bits per heavy atom. The van der Waals surface area contributed by atoms with Crippen LogP contribution in [0.4, 0.5) is 0 Å². The predicted molar refractivity (Wildman–Crippen MR) is 174 cm³/mol. The summed E-state index contributed by atoms with van der Waals surface area (Å²) in [7, 11) is 0. The van der Waals surface area contributed by atoms with Crippen LogP contribution in [0.25, 0.3) is 0 Å². The number of aliphatic carboxylic acids is 2. The van der Waals surface area contributed by atoms with Crippen LogP contribution in [0.3, 0.4) is 0 Å². The number of hydrogen-bond acceptors (Lipinski definition) is 9. The Labute approximate surface area is 277 Å². The molecule has 0 saturated carbocycles. The normalized spacial score (nSPS) is 12.8. The third-order valence-electron chi connectivity index (χ3n) is 6.85. The zero-order valence-corrected chi connectivity index (χ0v) is 28.7. The molecule has 0 fully saturated rings. The van der Waals surface area contributed by atoms with E-state index in [2.05, 4.69) is 5.32 Å². The van der Waals surface area contributed by atoms with E-state index in [0.29, 0.717) is 24.3 Å². The van der Waals surface area contributed by atoms with Crippen LogP contribution in [0.1, 0.15) is 129 Å². The SMILES string of the molecule is CC(C)(C)OC(=O)c1ccc(OCCCCCCCCCC(=O)[C@H](CCC(=O)N[C@@H](CCC(=O)O)C(=O)O)C(=O)OC(C)(C)C)cc1. The van der Waals surface area contributed by atoms with E-state index in [-0.39, 0.29) is 37.4 Å². The van der Waals surface area contributed by atoms with Crippen LogP contribution >= 0.6 is 0 Å². The molecule has 0 saturated heterocycles. The maximum Gasteiger partial charge on any atom is 0.338 e. The molecule has 3 N–H and O–H groups in total. The summed E-state index contributed by atoms with van der Waals surface area (Å²) in [5, 5.41) is 20.3. The van der Waals surface area contributed by atoms with Crippen LogP contribution < -0.4 is 10.1 Å². The largest absolute Gasteiger partial charge is 0.494 e. The van der Waals surface area contributed by atoms with Crippen LogP contribution in [0, 0.1) is 5.92 Å². The van der Waals surface area contributed by atoms with Crippen LogP contribution in [0.5, 0.6) is 5.75 Å². The van der Waals surface area contributed by atoms with Crippen LogP contribution in [-0.2, 0) is 33.4 Å². The fraction of sp³-hybridized carbons (Fsp3) is 0.657. The molecule has 264 valence electrons. The quantitative estimate of drug-likeness (QED) is 0.0765. The van der Waals surface area contributed by atoms with Crippen molar-refractivity contribution >= 4 is 35.6 Å². The van der Waals surface area contributed by atoms with Gasteiger partial charge in [0, 0.05) is 19.3 Å². The lowest BCUT2D eigenvalue weighted by Gasteiger charge is -2.23. The van der Waals surface area contributed by atoms with Gasteiger partial charge in [-0.3, -0.25) is 19.2 Å². The smallest absolute Gasteiger partial charge is 0.338 e. The minimum absolute atomic E-state index is 0.138. The highest BCUT2D eigenvalue weighted by Gasteiger charge is 2.31. The van der Waals surface area contributed by atoms with Gasteiger partial charge >= 0.3 is 23.9 Å². The van der Waals surface area contributed by atoms with E-state index in [9.17, 15) is 33.9 Å². The van der Waals surface area contributed by atoms with Crippen molar-refractivity contribution in [1.82, 2.24) is 5.32 Å². The van der Waals surface area contributed by atoms with Crippen LogP contribution in [0.15, 0.2) is 24.3 Å². The summed E-state index contributed by atoms with van der Waals surface area (Å²) in [6, 6.07) is 5.49. The molecule has 0 aliphatic rings. The number of ketones is 1. The summed E-state index contributed by atoms with van der Waals surface area (Å²) in [5.41, 5.74) is -0.916. The number of carbonyl (C=O) groups excluding carboxylic acids is 4. The maximum atomic E-state index is 13.0. The minimum atomic E-state index is -1.38. The van der Waals surface area contributed by atoms with Gasteiger partial charge in [0.05, 0.1) is 12.2 Å². The Morgan fingerprint density at radius 2 is 1.26 bits per heavy atom. The highest BCUT2D eigenvalue weighted by atomic mass is 16.6. The number of unbranched alkanes of at least 4 members (excludes halogenated alkanes) is 6. The molecule has 0 unspecified atom stereocenters. The number of nitrogens with one attached hydrogen (secondary N) is 1. The maximum absolute atomic E-state index is 13.0. The summed E-state index contributed by atoms with van der Waals surface area (Å²) < 4.78 is 16.5. The molecular formula is C35H53NO11. The van der Waals surface area contributed by atoms with Crippen molar-refractivity contribution in [2.45, 2.75) is 136 Å². The van der Waals surface area contributed by atoms with Crippen molar-refractivity contribution in [2.24, 2.45) is 5.92 Å². The van der Waals surface area contributed by atoms with Crippen molar-refractivity contribution in [3.63, 3.8) is 0 Å². The molecule has 1 rings (SSSR count). The number of benzene rings is 1. The molecule has 12 nitrogen and oxygen atoms in total. The number of carboxylic acid groups (broad SMARTS) is 2. The van der Waals surface area contributed by atoms with E-state index in [1.807, 2.05) is 20.8 Å².